The van der Waals surface area contributed by atoms with Gasteiger partial charge in [-0.25, -0.2) is 9.59 Å². The van der Waals surface area contributed by atoms with Gasteiger partial charge in [0.1, 0.15) is 5.75 Å². The molecule has 0 saturated heterocycles. The van der Waals surface area contributed by atoms with E-state index in [-0.39, 0.29) is 5.97 Å². The molecule has 0 N–H and O–H groups in total. The number of carbonyl (C=O) groups excluding carboxylic acids is 2. The minimum Gasteiger partial charge on any atom is -0.497 e. The van der Waals surface area contributed by atoms with E-state index in [1.807, 2.05) is 24.3 Å². The fraction of sp³-hybridized carbons (Fsp3) is 0.368. The monoisotopic (exact) mass is 362 g/mol. The van der Waals surface area contributed by atoms with Gasteiger partial charge in [-0.1, -0.05) is 31.8 Å². The maximum Gasteiger partial charge on any atom is 0.330 e. The number of benzene rings is 1. The lowest BCUT2D eigenvalue weighted by atomic mass is 10.0. The second-order valence-corrected chi connectivity index (χ2v) is 11.3. The van der Waals surface area contributed by atoms with Crippen LogP contribution in [0.1, 0.15) is 12.5 Å². The molecule has 0 atom stereocenters. The molecule has 0 radical (unpaired) electrons. The highest BCUT2D eigenvalue weighted by atomic mass is 28.3. The summed E-state index contributed by atoms with van der Waals surface area (Å²) in [6, 6.07) is 7.34. The van der Waals surface area contributed by atoms with E-state index < -0.39 is 14.0 Å². The highest BCUT2D eigenvalue weighted by molar-refractivity contribution is 6.88. The molecule has 136 valence electrons. The van der Waals surface area contributed by atoms with Crippen LogP contribution in [0.4, 0.5) is 0 Å². The van der Waals surface area contributed by atoms with Crippen LogP contribution in [0.25, 0.3) is 5.57 Å². The Balaban J connectivity index is 3.60. The number of rotatable bonds is 7. The molecule has 6 heteroatoms. The van der Waals surface area contributed by atoms with Crippen LogP contribution in [0.3, 0.4) is 0 Å². The first-order valence-electron chi connectivity index (χ1n) is 8.06. The second kappa shape index (κ2) is 9.22. The summed E-state index contributed by atoms with van der Waals surface area (Å²) in [7, 11) is 0.840. The Labute approximate surface area is 150 Å². The lowest BCUT2D eigenvalue weighted by molar-refractivity contribution is -0.138. The maximum absolute atomic E-state index is 12.6. The Morgan fingerprint density at radius 1 is 1.04 bits per heavy atom. The van der Waals surface area contributed by atoms with Crippen molar-refractivity contribution in [2.75, 3.05) is 20.8 Å². The Kier molecular flexibility index (Phi) is 7.64. The van der Waals surface area contributed by atoms with Gasteiger partial charge >= 0.3 is 11.9 Å². The molecular formula is C19H26O5Si. The lowest BCUT2D eigenvalue weighted by Crippen LogP contribution is -2.32. The fourth-order valence-electron chi connectivity index (χ4n) is 2.34. The fourth-order valence-corrected chi connectivity index (χ4v) is 4.06. The number of hydrogen-bond acceptors (Lipinski definition) is 5. The topological polar surface area (TPSA) is 61.8 Å². The molecule has 0 fully saturated rings. The summed E-state index contributed by atoms with van der Waals surface area (Å²) in [5.41, 5.74) is 1.48. The Morgan fingerprint density at radius 2 is 1.64 bits per heavy atom. The van der Waals surface area contributed by atoms with E-state index in [4.69, 9.17) is 9.47 Å². The van der Waals surface area contributed by atoms with Crippen LogP contribution in [0, 0.1) is 0 Å². The summed E-state index contributed by atoms with van der Waals surface area (Å²) in [4.78, 5) is 24.2. The van der Waals surface area contributed by atoms with Crippen LogP contribution in [0.15, 0.2) is 41.6 Å². The molecule has 5 nitrogen and oxygen atoms in total. The van der Waals surface area contributed by atoms with Crippen molar-refractivity contribution in [1.29, 1.82) is 0 Å². The van der Waals surface area contributed by atoms with Gasteiger partial charge in [0.05, 0.1) is 28.9 Å². The molecule has 0 aliphatic heterocycles. The molecule has 1 aromatic carbocycles. The predicted molar refractivity (Wildman–Crippen MR) is 101 cm³/mol. The van der Waals surface area contributed by atoms with Gasteiger partial charge in [0.15, 0.2) is 0 Å². The normalized spacial score (nSPS) is 12.6. The lowest BCUT2D eigenvalue weighted by Gasteiger charge is -2.23. The van der Waals surface area contributed by atoms with Gasteiger partial charge in [-0.3, -0.25) is 0 Å². The van der Waals surface area contributed by atoms with Crippen LogP contribution in [-0.4, -0.2) is 40.8 Å². The standard InChI is InChI=1S/C19H26O5Si/c1-7-24-19(21)18(25(4,5)6)16(12-13-17(20)23-3)14-8-10-15(22-2)11-9-14/h8-13H,7H2,1-6H3/b13-12+,18-16-. The van der Waals surface area contributed by atoms with Crippen LogP contribution in [-0.2, 0) is 19.1 Å². The summed E-state index contributed by atoms with van der Waals surface area (Å²) < 4.78 is 15.1. The van der Waals surface area contributed by atoms with Crippen molar-refractivity contribution >= 4 is 25.6 Å². The Morgan fingerprint density at radius 3 is 2.08 bits per heavy atom. The van der Waals surface area contributed by atoms with E-state index in [9.17, 15) is 9.59 Å². The minimum atomic E-state index is -2.07. The van der Waals surface area contributed by atoms with E-state index in [1.165, 1.54) is 13.2 Å². The molecule has 0 unspecified atom stereocenters. The molecule has 0 saturated carbocycles. The van der Waals surface area contributed by atoms with E-state index >= 15 is 0 Å². The molecular weight excluding hydrogens is 336 g/mol. The van der Waals surface area contributed by atoms with Crippen LogP contribution < -0.4 is 4.74 Å². The zero-order valence-corrected chi connectivity index (χ0v) is 16.7. The van der Waals surface area contributed by atoms with Crippen molar-refractivity contribution in [2.45, 2.75) is 26.6 Å². The van der Waals surface area contributed by atoms with Crippen molar-refractivity contribution in [3.8, 4) is 5.75 Å². The molecule has 0 spiro atoms. The third kappa shape index (κ3) is 5.90. The van der Waals surface area contributed by atoms with Crippen molar-refractivity contribution in [2.24, 2.45) is 0 Å². The van der Waals surface area contributed by atoms with Gasteiger partial charge in [0.2, 0.25) is 0 Å². The van der Waals surface area contributed by atoms with Gasteiger partial charge in [-0.2, -0.15) is 0 Å². The van der Waals surface area contributed by atoms with Gasteiger partial charge in [0, 0.05) is 11.3 Å². The summed E-state index contributed by atoms with van der Waals surface area (Å²) in [6.45, 7) is 8.26. The van der Waals surface area contributed by atoms with E-state index in [0.717, 1.165) is 5.56 Å². The number of methoxy groups -OCH3 is 2. The maximum atomic E-state index is 12.6. The zero-order chi connectivity index (χ0) is 19.0. The van der Waals surface area contributed by atoms with Crippen molar-refractivity contribution in [3.05, 3.63) is 47.2 Å². The third-order valence-corrected chi connectivity index (χ3v) is 5.46. The highest BCUT2D eigenvalue weighted by Crippen LogP contribution is 2.29. The second-order valence-electron chi connectivity index (χ2n) is 6.34. The number of hydrogen-bond donors (Lipinski definition) is 0. The van der Waals surface area contributed by atoms with Crippen molar-refractivity contribution in [3.63, 3.8) is 0 Å². The molecule has 0 aliphatic carbocycles. The average Bonchev–Trinajstić information content (AvgIpc) is 2.57. The van der Waals surface area contributed by atoms with E-state index in [1.54, 1.807) is 20.1 Å². The quantitative estimate of drug-likeness (QED) is 0.321. The van der Waals surface area contributed by atoms with E-state index in [0.29, 0.717) is 23.1 Å². The largest absolute Gasteiger partial charge is 0.497 e. The molecule has 0 aliphatic rings. The van der Waals surface area contributed by atoms with Crippen LogP contribution in [0.5, 0.6) is 5.75 Å². The molecule has 0 aromatic heterocycles. The summed E-state index contributed by atoms with van der Waals surface area (Å²) in [5, 5.41) is 0.625. The number of esters is 2. The number of carbonyl (C=O) groups is 2. The zero-order valence-electron chi connectivity index (χ0n) is 15.7. The Bertz CT molecular complexity index is 666. The number of ether oxygens (including phenoxy) is 3. The SMILES string of the molecule is CCOC(=O)/C(=C(\C=C\C(=O)OC)c1ccc(OC)cc1)[Si](C)(C)C. The third-order valence-electron chi connectivity index (χ3n) is 3.49. The average molecular weight is 362 g/mol. The van der Waals surface area contributed by atoms with Crippen molar-refractivity contribution in [1.82, 2.24) is 0 Å². The first-order valence-corrected chi connectivity index (χ1v) is 11.6. The van der Waals surface area contributed by atoms with Gasteiger partial charge < -0.3 is 14.2 Å². The van der Waals surface area contributed by atoms with Crippen molar-refractivity contribution < 1.29 is 23.8 Å². The molecule has 1 rings (SSSR count). The smallest absolute Gasteiger partial charge is 0.330 e. The summed E-state index contributed by atoms with van der Waals surface area (Å²) in [5.74, 6) is -0.113. The molecule has 25 heavy (non-hydrogen) atoms. The predicted octanol–water partition coefficient (Wildman–Crippen LogP) is 3.62. The van der Waals surface area contributed by atoms with E-state index in [2.05, 4.69) is 24.4 Å². The van der Waals surface area contributed by atoms with Crippen LogP contribution in [0.2, 0.25) is 19.6 Å². The first-order chi connectivity index (χ1) is 11.7. The molecule has 1 aromatic rings. The minimum absolute atomic E-state index is 0.295. The number of allylic oxidation sites excluding steroid dienone is 2. The summed E-state index contributed by atoms with van der Waals surface area (Å²) >= 11 is 0. The highest BCUT2D eigenvalue weighted by Gasteiger charge is 2.30. The molecule has 0 heterocycles. The molecule has 0 bridgehead atoms. The van der Waals surface area contributed by atoms with Gasteiger partial charge in [0.25, 0.3) is 0 Å². The summed E-state index contributed by atoms with van der Waals surface area (Å²) in [6.07, 6.45) is 2.94. The van der Waals surface area contributed by atoms with Crippen LogP contribution >= 0.6 is 0 Å². The Hall–Kier alpha value is -2.34. The van der Waals surface area contributed by atoms with Gasteiger partial charge in [-0.15, -0.1) is 0 Å². The molecule has 0 amide bonds. The van der Waals surface area contributed by atoms with Gasteiger partial charge in [-0.05, 0) is 36.3 Å². The first kappa shape index (κ1) is 20.7.